The Balaban J connectivity index is 1.76. The minimum Gasteiger partial charge on any atom is -0.462 e. The quantitative estimate of drug-likeness (QED) is 0.242. The molecule has 3 N–H and O–H groups in total. The molecule has 0 aliphatic heterocycles. The third-order valence-electron chi connectivity index (χ3n) is 4.80. The van der Waals surface area contributed by atoms with Crippen molar-refractivity contribution in [3.05, 3.63) is 41.9 Å². The Morgan fingerprint density at radius 3 is 2.58 bits per heavy atom. The number of carbonyl (C=O) groups is 1. The van der Waals surface area contributed by atoms with Crippen LogP contribution in [0, 0.1) is 0 Å². The van der Waals surface area contributed by atoms with E-state index in [9.17, 15) is 9.36 Å². The molecule has 0 amide bonds. The van der Waals surface area contributed by atoms with Gasteiger partial charge in [-0.2, -0.15) is 0 Å². The van der Waals surface area contributed by atoms with Gasteiger partial charge < -0.3 is 29.0 Å². The van der Waals surface area contributed by atoms with Gasteiger partial charge in [-0.25, -0.2) is 20.0 Å². The van der Waals surface area contributed by atoms with E-state index in [0.29, 0.717) is 22.7 Å². The number of esters is 1. The molecule has 2 heterocycles. The summed E-state index contributed by atoms with van der Waals surface area (Å²) in [5.41, 5.74) is 6.88. The highest BCUT2D eigenvalue weighted by Crippen LogP contribution is 2.44. The van der Waals surface area contributed by atoms with Crippen LogP contribution in [-0.2, 0) is 30.1 Å². The third-order valence-corrected chi connectivity index (χ3v) is 6.75. The minimum atomic E-state index is -3.81. The fourth-order valence-electron chi connectivity index (χ4n) is 3.22. The average molecular weight is 541 g/mol. The van der Waals surface area contributed by atoms with E-state index in [1.54, 1.807) is 55.9 Å². The van der Waals surface area contributed by atoms with E-state index in [0.717, 1.165) is 0 Å². The van der Waals surface area contributed by atoms with Gasteiger partial charge in [0.25, 0.3) is 0 Å². The van der Waals surface area contributed by atoms with Crippen molar-refractivity contribution >= 4 is 42.1 Å². The van der Waals surface area contributed by atoms with E-state index in [-0.39, 0.29) is 30.6 Å². The topological polar surface area (TPSA) is 153 Å². The van der Waals surface area contributed by atoms with Crippen LogP contribution in [0.4, 0.5) is 5.82 Å². The summed E-state index contributed by atoms with van der Waals surface area (Å²) >= 11 is 5.95. The number of halogens is 1. The molecule has 0 fully saturated rings. The number of rotatable bonds is 13. The maximum atomic E-state index is 13.9. The van der Waals surface area contributed by atoms with Gasteiger partial charge >= 0.3 is 13.5 Å². The molecule has 0 radical (unpaired) electrons. The van der Waals surface area contributed by atoms with Gasteiger partial charge in [-0.15, -0.1) is 0 Å². The summed E-state index contributed by atoms with van der Waals surface area (Å²) < 4.78 is 37.8. The Morgan fingerprint density at radius 2 is 1.92 bits per heavy atom. The Labute approximate surface area is 214 Å². The summed E-state index contributed by atoms with van der Waals surface area (Å²) in [6, 6.07) is 5.29. The van der Waals surface area contributed by atoms with Crippen LogP contribution in [0.5, 0.6) is 5.75 Å². The molecule has 12 nitrogen and oxygen atoms in total. The predicted octanol–water partition coefficient (Wildman–Crippen LogP) is 3.25. The summed E-state index contributed by atoms with van der Waals surface area (Å²) in [6.45, 7) is 5.48. The van der Waals surface area contributed by atoms with Gasteiger partial charge in [0.2, 0.25) is 0 Å². The second kappa shape index (κ2) is 12.5. The molecule has 36 heavy (non-hydrogen) atoms. The van der Waals surface area contributed by atoms with Crippen molar-refractivity contribution in [3.8, 4) is 5.75 Å². The molecule has 3 atom stereocenters. The fourth-order valence-corrected chi connectivity index (χ4v) is 5.09. The second-order valence-corrected chi connectivity index (χ2v) is 10.8. The molecule has 0 saturated carbocycles. The van der Waals surface area contributed by atoms with E-state index >= 15 is 0 Å². The zero-order chi connectivity index (χ0) is 26.3. The lowest BCUT2D eigenvalue weighted by Gasteiger charge is -2.26. The minimum absolute atomic E-state index is 0.0861. The zero-order valence-electron chi connectivity index (χ0n) is 20.5. The van der Waals surface area contributed by atoms with Crippen molar-refractivity contribution in [3.63, 3.8) is 0 Å². The first-order valence-electron chi connectivity index (χ1n) is 11.1. The SMILES string of the molecule is COC[C@H](NP(=O)(CO[C@H](C)Cn1cnc2c(N)ncnc21)Oc1ccc(Cl)cc1)C(=O)OC(C)C. The number of nitrogens with zero attached hydrogens (tertiary/aromatic N) is 4. The molecule has 0 saturated heterocycles. The molecule has 0 bridgehead atoms. The Kier molecular flexibility index (Phi) is 9.63. The molecular formula is C22H30ClN6O6P. The highest BCUT2D eigenvalue weighted by Gasteiger charge is 2.34. The molecule has 196 valence electrons. The first-order valence-corrected chi connectivity index (χ1v) is 13.3. The van der Waals surface area contributed by atoms with Crippen LogP contribution in [-0.4, -0.2) is 63.8 Å². The zero-order valence-corrected chi connectivity index (χ0v) is 22.1. The maximum absolute atomic E-state index is 13.9. The van der Waals surface area contributed by atoms with Crippen LogP contribution in [0.3, 0.4) is 0 Å². The van der Waals surface area contributed by atoms with Crippen molar-refractivity contribution in [1.82, 2.24) is 24.6 Å². The number of hydrogen-bond acceptors (Lipinski definition) is 10. The van der Waals surface area contributed by atoms with Crippen LogP contribution >= 0.6 is 19.1 Å². The number of nitrogen functional groups attached to an aromatic ring is 1. The number of methoxy groups -OCH3 is 1. The standard InChI is InChI=1S/C22H30ClN6O6P/c1-14(2)34-22(30)18(10-32-4)28-36(31,35-17-7-5-16(23)6-8-17)13-33-15(3)9-29-12-27-19-20(24)25-11-26-21(19)29/h5-8,11-12,14-15,18H,9-10,13H2,1-4H3,(H,28,31)(H2,24,25,26)/t15-,18+,36?/m1/s1. The van der Waals surface area contributed by atoms with Crippen LogP contribution in [0.2, 0.25) is 5.02 Å². The molecule has 0 aliphatic rings. The number of nitrogens with one attached hydrogen (secondary N) is 1. The number of benzene rings is 1. The van der Waals surface area contributed by atoms with Crippen molar-refractivity contribution in [2.24, 2.45) is 0 Å². The number of fused-ring (bicyclic) bond motifs is 1. The van der Waals surface area contributed by atoms with Gasteiger partial charge in [0.05, 0.1) is 31.7 Å². The Hall–Kier alpha value is -2.76. The number of aromatic nitrogens is 4. The van der Waals surface area contributed by atoms with Gasteiger partial charge in [-0.05, 0) is 45.0 Å². The molecule has 3 aromatic rings. The lowest BCUT2D eigenvalue weighted by Crippen LogP contribution is -2.42. The molecular weight excluding hydrogens is 511 g/mol. The number of nitrogens with two attached hydrogens (primary N) is 1. The van der Waals surface area contributed by atoms with Gasteiger partial charge in [0, 0.05) is 12.1 Å². The first kappa shape index (κ1) is 27.8. The number of imidazole rings is 1. The summed E-state index contributed by atoms with van der Waals surface area (Å²) in [5.74, 6) is -0.0653. The summed E-state index contributed by atoms with van der Waals surface area (Å²) in [4.78, 5) is 25.0. The summed E-state index contributed by atoms with van der Waals surface area (Å²) in [6.07, 6.45) is 1.77. The van der Waals surface area contributed by atoms with E-state index < -0.39 is 25.6 Å². The van der Waals surface area contributed by atoms with E-state index in [2.05, 4.69) is 20.0 Å². The number of anilines is 1. The Bertz CT molecular complexity index is 1210. The summed E-state index contributed by atoms with van der Waals surface area (Å²) in [7, 11) is -2.38. The third kappa shape index (κ3) is 7.62. The van der Waals surface area contributed by atoms with Crippen LogP contribution in [0.25, 0.3) is 11.2 Å². The van der Waals surface area contributed by atoms with Crippen molar-refractivity contribution in [1.29, 1.82) is 0 Å². The predicted molar refractivity (Wildman–Crippen MR) is 135 cm³/mol. The summed E-state index contributed by atoms with van der Waals surface area (Å²) in [5, 5.41) is 3.26. The monoisotopic (exact) mass is 540 g/mol. The highest BCUT2D eigenvalue weighted by atomic mass is 35.5. The van der Waals surface area contributed by atoms with Crippen molar-refractivity contribution < 1.29 is 28.1 Å². The van der Waals surface area contributed by atoms with Gasteiger partial charge in [-0.3, -0.25) is 9.36 Å². The lowest BCUT2D eigenvalue weighted by atomic mass is 10.3. The number of ether oxygens (including phenoxy) is 3. The lowest BCUT2D eigenvalue weighted by molar-refractivity contribution is -0.150. The van der Waals surface area contributed by atoms with Gasteiger partial charge in [0.15, 0.2) is 11.5 Å². The van der Waals surface area contributed by atoms with Crippen LogP contribution < -0.4 is 15.3 Å². The van der Waals surface area contributed by atoms with E-state index in [4.69, 9.17) is 36.1 Å². The van der Waals surface area contributed by atoms with Crippen molar-refractivity contribution in [2.75, 3.05) is 25.8 Å². The van der Waals surface area contributed by atoms with E-state index in [1.165, 1.54) is 13.4 Å². The number of hydrogen-bond donors (Lipinski definition) is 2. The smallest absolute Gasteiger partial charge is 0.342 e. The molecule has 2 aromatic heterocycles. The second-order valence-electron chi connectivity index (χ2n) is 8.28. The Morgan fingerprint density at radius 1 is 1.19 bits per heavy atom. The highest BCUT2D eigenvalue weighted by molar-refractivity contribution is 7.57. The molecule has 14 heteroatoms. The molecule has 0 spiro atoms. The number of carbonyl (C=O) groups excluding carboxylic acids is 1. The van der Waals surface area contributed by atoms with Gasteiger partial charge in [0.1, 0.15) is 30.0 Å². The fraction of sp³-hybridized carbons (Fsp3) is 0.455. The van der Waals surface area contributed by atoms with Crippen LogP contribution in [0.1, 0.15) is 20.8 Å². The molecule has 3 rings (SSSR count). The molecule has 1 unspecified atom stereocenters. The normalized spacial score (nSPS) is 14.9. The average Bonchev–Trinajstić information content (AvgIpc) is 3.23. The largest absolute Gasteiger partial charge is 0.462 e. The first-order chi connectivity index (χ1) is 17.1. The van der Waals surface area contributed by atoms with Gasteiger partial charge in [-0.1, -0.05) is 11.6 Å². The maximum Gasteiger partial charge on any atom is 0.342 e. The molecule has 0 aliphatic carbocycles. The molecule has 1 aromatic carbocycles. The van der Waals surface area contributed by atoms with Crippen molar-refractivity contribution in [2.45, 2.75) is 45.6 Å². The van der Waals surface area contributed by atoms with Crippen LogP contribution in [0.15, 0.2) is 36.9 Å². The van der Waals surface area contributed by atoms with E-state index in [1.807, 2.05) is 0 Å².